The fourth-order valence-electron chi connectivity index (χ4n) is 2.11. The maximum atomic E-state index is 12.1. The summed E-state index contributed by atoms with van der Waals surface area (Å²) in [5.74, 6) is 0.806. The van der Waals surface area contributed by atoms with Crippen molar-refractivity contribution < 1.29 is 19.1 Å². The molecule has 22 heavy (non-hydrogen) atoms. The molecule has 6 nitrogen and oxygen atoms in total. The quantitative estimate of drug-likeness (QED) is 0.779. The predicted molar refractivity (Wildman–Crippen MR) is 84.7 cm³/mol. The van der Waals surface area contributed by atoms with Crippen molar-refractivity contribution in [3.8, 4) is 11.5 Å². The van der Waals surface area contributed by atoms with E-state index in [1.165, 1.54) is 7.11 Å². The van der Waals surface area contributed by atoms with E-state index in [0.717, 1.165) is 6.42 Å². The molecule has 0 aliphatic heterocycles. The lowest BCUT2D eigenvalue weighted by molar-refractivity contribution is -0.123. The SMILES string of the molecule is CCOc1c(Br)cc(C(=O)NNC(=O)[C@H]2C[C@@H]2C)cc1OC. The third kappa shape index (κ3) is 3.71. The number of carbonyl (C=O) groups excluding carboxylic acids is 2. The first-order valence-electron chi connectivity index (χ1n) is 7.08. The van der Waals surface area contributed by atoms with Crippen LogP contribution in [0.25, 0.3) is 0 Å². The lowest BCUT2D eigenvalue weighted by Crippen LogP contribution is -2.42. The number of carbonyl (C=O) groups is 2. The van der Waals surface area contributed by atoms with Gasteiger partial charge < -0.3 is 9.47 Å². The number of amides is 2. The number of hydrogen-bond acceptors (Lipinski definition) is 4. The molecule has 2 amide bonds. The normalized spacial score (nSPS) is 19.3. The summed E-state index contributed by atoms with van der Waals surface area (Å²) in [5, 5.41) is 0. The molecule has 1 aromatic carbocycles. The Kier molecular flexibility index (Phi) is 5.28. The number of nitrogens with one attached hydrogen (secondary N) is 2. The number of hydrogen-bond donors (Lipinski definition) is 2. The van der Waals surface area contributed by atoms with Gasteiger partial charge in [0.1, 0.15) is 0 Å². The van der Waals surface area contributed by atoms with Crippen molar-refractivity contribution in [2.75, 3.05) is 13.7 Å². The topological polar surface area (TPSA) is 76.7 Å². The Morgan fingerprint density at radius 1 is 1.36 bits per heavy atom. The van der Waals surface area contributed by atoms with Gasteiger partial charge in [0.15, 0.2) is 11.5 Å². The molecule has 7 heteroatoms. The minimum atomic E-state index is -0.413. The van der Waals surface area contributed by atoms with E-state index < -0.39 is 5.91 Å². The summed E-state index contributed by atoms with van der Waals surface area (Å²) < 4.78 is 11.3. The highest BCUT2D eigenvalue weighted by molar-refractivity contribution is 9.10. The lowest BCUT2D eigenvalue weighted by atomic mass is 10.2. The summed E-state index contributed by atoms with van der Waals surface area (Å²) >= 11 is 3.36. The molecule has 2 N–H and O–H groups in total. The fraction of sp³-hybridized carbons (Fsp3) is 0.467. The van der Waals surface area contributed by atoms with Gasteiger partial charge in [0.2, 0.25) is 5.91 Å². The summed E-state index contributed by atoms with van der Waals surface area (Å²) in [4.78, 5) is 23.8. The van der Waals surface area contributed by atoms with Crippen molar-refractivity contribution in [1.82, 2.24) is 10.9 Å². The zero-order chi connectivity index (χ0) is 16.3. The van der Waals surface area contributed by atoms with Gasteiger partial charge in [-0.2, -0.15) is 0 Å². The van der Waals surface area contributed by atoms with Crippen LogP contribution in [-0.2, 0) is 4.79 Å². The average molecular weight is 371 g/mol. The summed E-state index contributed by atoms with van der Waals surface area (Å²) in [7, 11) is 1.50. The molecule has 120 valence electrons. The molecule has 0 bridgehead atoms. The van der Waals surface area contributed by atoms with Crippen LogP contribution < -0.4 is 20.3 Å². The Morgan fingerprint density at radius 3 is 2.59 bits per heavy atom. The zero-order valence-electron chi connectivity index (χ0n) is 12.7. The lowest BCUT2D eigenvalue weighted by Gasteiger charge is -2.13. The molecule has 1 saturated carbocycles. The van der Waals surface area contributed by atoms with Crippen LogP contribution in [0.5, 0.6) is 11.5 Å². The third-order valence-electron chi connectivity index (χ3n) is 3.53. The van der Waals surface area contributed by atoms with Crippen molar-refractivity contribution in [3.05, 3.63) is 22.2 Å². The third-order valence-corrected chi connectivity index (χ3v) is 4.11. The summed E-state index contributed by atoms with van der Waals surface area (Å²) in [6, 6.07) is 3.19. The van der Waals surface area contributed by atoms with E-state index in [0.29, 0.717) is 34.1 Å². The van der Waals surface area contributed by atoms with Gasteiger partial charge in [0.05, 0.1) is 18.2 Å². The van der Waals surface area contributed by atoms with Gasteiger partial charge in [-0.15, -0.1) is 0 Å². The number of methoxy groups -OCH3 is 1. The van der Waals surface area contributed by atoms with E-state index in [1.807, 2.05) is 13.8 Å². The first kappa shape index (κ1) is 16.6. The van der Waals surface area contributed by atoms with Crippen molar-refractivity contribution >= 4 is 27.7 Å². The highest BCUT2D eigenvalue weighted by Crippen LogP contribution is 2.38. The van der Waals surface area contributed by atoms with Crippen molar-refractivity contribution in [2.45, 2.75) is 20.3 Å². The Labute approximate surface area is 137 Å². The first-order chi connectivity index (χ1) is 10.5. The molecule has 0 radical (unpaired) electrons. The number of rotatable bonds is 5. The number of ether oxygens (including phenoxy) is 2. The second kappa shape index (κ2) is 7.00. The van der Waals surface area contributed by atoms with Crippen LogP contribution in [0.2, 0.25) is 0 Å². The highest BCUT2D eigenvalue weighted by Gasteiger charge is 2.39. The Balaban J connectivity index is 2.06. The molecular formula is C15H19BrN2O4. The second-order valence-corrected chi connectivity index (χ2v) is 6.04. The van der Waals surface area contributed by atoms with Gasteiger partial charge in [-0.1, -0.05) is 6.92 Å². The minimum Gasteiger partial charge on any atom is -0.493 e. The molecule has 1 fully saturated rings. The predicted octanol–water partition coefficient (Wildman–Crippen LogP) is 2.27. The highest BCUT2D eigenvalue weighted by atomic mass is 79.9. The second-order valence-electron chi connectivity index (χ2n) is 5.19. The van der Waals surface area contributed by atoms with Crippen LogP contribution in [0.15, 0.2) is 16.6 Å². The number of hydrazine groups is 1. The zero-order valence-corrected chi connectivity index (χ0v) is 14.3. The van der Waals surface area contributed by atoms with Crippen LogP contribution in [0, 0.1) is 11.8 Å². The van der Waals surface area contributed by atoms with Crippen molar-refractivity contribution in [2.24, 2.45) is 11.8 Å². The van der Waals surface area contributed by atoms with E-state index >= 15 is 0 Å². The van der Waals surface area contributed by atoms with E-state index in [9.17, 15) is 9.59 Å². The van der Waals surface area contributed by atoms with Crippen LogP contribution in [0.1, 0.15) is 30.6 Å². The summed E-state index contributed by atoms with van der Waals surface area (Å²) in [6.07, 6.45) is 0.865. The van der Waals surface area contributed by atoms with E-state index in [2.05, 4.69) is 26.8 Å². The fourth-order valence-corrected chi connectivity index (χ4v) is 2.66. The monoisotopic (exact) mass is 370 g/mol. The molecule has 1 aliphatic carbocycles. The van der Waals surface area contributed by atoms with Crippen molar-refractivity contribution in [3.63, 3.8) is 0 Å². The van der Waals surface area contributed by atoms with Crippen molar-refractivity contribution in [1.29, 1.82) is 0 Å². The van der Waals surface area contributed by atoms with Crippen LogP contribution in [0.4, 0.5) is 0 Å². The van der Waals surface area contributed by atoms with Crippen LogP contribution in [0.3, 0.4) is 0 Å². The number of halogens is 1. The first-order valence-corrected chi connectivity index (χ1v) is 7.87. The molecule has 0 saturated heterocycles. The maximum Gasteiger partial charge on any atom is 0.269 e. The molecule has 2 rings (SSSR count). The maximum absolute atomic E-state index is 12.1. The average Bonchev–Trinajstić information content (AvgIpc) is 3.23. The van der Waals surface area contributed by atoms with Gasteiger partial charge in [0, 0.05) is 11.5 Å². The molecule has 0 aromatic heterocycles. The van der Waals surface area contributed by atoms with Crippen LogP contribution in [-0.4, -0.2) is 25.5 Å². The van der Waals surface area contributed by atoms with E-state index in [-0.39, 0.29) is 11.8 Å². The Hall–Kier alpha value is -1.76. The van der Waals surface area contributed by atoms with Gasteiger partial charge in [0.25, 0.3) is 5.91 Å². The van der Waals surface area contributed by atoms with Gasteiger partial charge in [-0.3, -0.25) is 20.4 Å². The van der Waals surface area contributed by atoms with E-state index in [1.54, 1.807) is 12.1 Å². The minimum absolute atomic E-state index is 0.00176. The molecule has 0 unspecified atom stereocenters. The largest absolute Gasteiger partial charge is 0.493 e. The molecule has 1 aliphatic rings. The molecule has 0 spiro atoms. The Morgan fingerprint density at radius 2 is 2.05 bits per heavy atom. The summed E-state index contributed by atoms with van der Waals surface area (Å²) in [5.41, 5.74) is 5.22. The van der Waals surface area contributed by atoms with Gasteiger partial charge in [-0.05, 0) is 47.3 Å². The molecule has 2 atom stereocenters. The van der Waals surface area contributed by atoms with E-state index in [4.69, 9.17) is 9.47 Å². The molecular weight excluding hydrogens is 352 g/mol. The Bertz CT molecular complexity index is 591. The van der Waals surface area contributed by atoms with Gasteiger partial charge in [-0.25, -0.2) is 0 Å². The standard InChI is InChI=1S/C15H19BrN2O4/c1-4-22-13-11(16)6-9(7-12(13)21-3)14(19)17-18-15(20)10-5-8(10)2/h6-8,10H,4-5H2,1-3H3,(H,17,19)(H,18,20)/t8-,10-/m0/s1. The summed E-state index contributed by atoms with van der Waals surface area (Å²) in [6.45, 7) is 4.34. The smallest absolute Gasteiger partial charge is 0.269 e. The number of benzene rings is 1. The molecule has 0 heterocycles. The van der Waals surface area contributed by atoms with Gasteiger partial charge >= 0.3 is 0 Å². The van der Waals surface area contributed by atoms with Crippen LogP contribution >= 0.6 is 15.9 Å². The molecule has 1 aromatic rings.